The molecule has 1 N–H and O–H groups in total. The van der Waals surface area contributed by atoms with E-state index in [1.54, 1.807) is 0 Å². The van der Waals surface area contributed by atoms with Crippen molar-refractivity contribution < 1.29 is 0 Å². The summed E-state index contributed by atoms with van der Waals surface area (Å²) in [5, 5.41) is 3.51. The van der Waals surface area contributed by atoms with Gasteiger partial charge >= 0.3 is 0 Å². The van der Waals surface area contributed by atoms with E-state index in [1.165, 1.54) is 31.4 Å². The molecule has 2 heteroatoms. The third kappa shape index (κ3) is 3.35. The number of hydrogen-bond acceptors (Lipinski definition) is 2. The number of hydrogen-bond donors (Lipinski definition) is 1. The van der Waals surface area contributed by atoms with Gasteiger partial charge in [0.15, 0.2) is 0 Å². The molecule has 0 aliphatic heterocycles. The van der Waals surface area contributed by atoms with Gasteiger partial charge in [0.2, 0.25) is 0 Å². The molecule has 0 radical (unpaired) electrons. The van der Waals surface area contributed by atoms with Crippen molar-refractivity contribution in [2.75, 3.05) is 19.3 Å². The van der Waals surface area contributed by atoms with Crippen molar-refractivity contribution in [3.63, 3.8) is 0 Å². The Morgan fingerprint density at radius 2 is 2.15 bits per heavy atom. The minimum atomic E-state index is 0.579. The van der Waals surface area contributed by atoms with E-state index in [4.69, 9.17) is 0 Å². The van der Waals surface area contributed by atoms with E-state index < -0.39 is 0 Å². The van der Waals surface area contributed by atoms with Crippen LogP contribution in [0.4, 0.5) is 0 Å². The number of thioether (sulfide) groups is 1. The SMILES string of the molecule is CSC1(CNCC=C(C)C)CCC1. The first kappa shape index (κ1) is 11.1. The predicted molar refractivity (Wildman–Crippen MR) is 62.4 cm³/mol. The first-order chi connectivity index (χ1) is 6.18. The van der Waals surface area contributed by atoms with Gasteiger partial charge in [-0.1, -0.05) is 18.1 Å². The van der Waals surface area contributed by atoms with E-state index in [0.717, 1.165) is 6.54 Å². The smallest absolute Gasteiger partial charge is 0.0281 e. The zero-order valence-electron chi connectivity index (χ0n) is 9.02. The summed E-state index contributed by atoms with van der Waals surface area (Å²) in [6.45, 7) is 6.51. The van der Waals surface area contributed by atoms with Crippen LogP contribution in [0.2, 0.25) is 0 Å². The number of rotatable bonds is 5. The fraction of sp³-hybridized carbons (Fsp3) is 0.818. The molecule has 0 bridgehead atoms. The van der Waals surface area contributed by atoms with Crippen LogP contribution >= 0.6 is 11.8 Å². The molecule has 0 amide bonds. The highest BCUT2D eigenvalue weighted by atomic mass is 32.2. The summed E-state index contributed by atoms with van der Waals surface area (Å²) in [5.74, 6) is 0. The molecule has 0 atom stereocenters. The maximum Gasteiger partial charge on any atom is 0.0281 e. The molecule has 1 nitrogen and oxygen atoms in total. The molecule has 1 aliphatic carbocycles. The van der Waals surface area contributed by atoms with E-state index in [9.17, 15) is 0 Å². The second-order valence-corrected chi connectivity index (χ2v) is 5.43. The summed E-state index contributed by atoms with van der Waals surface area (Å²) >= 11 is 2.03. The molecule has 0 saturated heterocycles. The van der Waals surface area contributed by atoms with Gasteiger partial charge in [0.05, 0.1) is 0 Å². The normalized spacial score (nSPS) is 19.3. The van der Waals surface area contributed by atoms with Crippen molar-refractivity contribution in [3.05, 3.63) is 11.6 Å². The molecule has 1 saturated carbocycles. The van der Waals surface area contributed by atoms with Crippen LogP contribution in [0.3, 0.4) is 0 Å². The second kappa shape index (κ2) is 5.06. The molecule has 0 spiro atoms. The fourth-order valence-corrected chi connectivity index (χ4v) is 2.54. The average Bonchev–Trinajstić information content (AvgIpc) is 2.01. The summed E-state index contributed by atoms with van der Waals surface area (Å²) < 4.78 is 0.579. The van der Waals surface area contributed by atoms with E-state index >= 15 is 0 Å². The van der Waals surface area contributed by atoms with Crippen LogP contribution in [-0.2, 0) is 0 Å². The fourth-order valence-electron chi connectivity index (χ4n) is 1.60. The zero-order chi connectivity index (χ0) is 9.73. The summed E-state index contributed by atoms with van der Waals surface area (Å²) in [7, 11) is 0. The molecule has 0 heterocycles. The van der Waals surface area contributed by atoms with Gasteiger partial charge in [-0.25, -0.2) is 0 Å². The molecular formula is C11H21NS. The minimum absolute atomic E-state index is 0.579. The van der Waals surface area contributed by atoms with Crippen molar-refractivity contribution in [2.45, 2.75) is 37.9 Å². The molecular weight excluding hydrogens is 178 g/mol. The predicted octanol–water partition coefficient (Wildman–Crippen LogP) is 2.83. The summed E-state index contributed by atoms with van der Waals surface area (Å²) in [6, 6.07) is 0. The van der Waals surface area contributed by atoms with E-state index in [2.05, 4.69) is 31.5 Å². The van der Waals surface area contributed by atoms with E-state index in [1.807, 2.05) is 11.8 Å². The van der Waals surface area contributed by atoms with Crippen molar-refractivity contribution >= 4 is 11.8 Å². The third-order valence-corrected chi connectivity index (χ3v) is 4.22. The maximum absolute atomic E-state index is 3.51. The summed E-state index contributed by atoms with van der Waals surface area (Å²) in [4.78, 5) is 0. The van der Waals surface area contributed by atoms with Gasteiger partial charge in [0.1, 0.15) is 0 Å². The second-order valence-electron chi connectivity index (χ2n) is 4.15. The van der Waals surface area contributed by atoms with Gasteiger partial charge in [-0.2, -0.15) is 11.8 Å². The Kier molecular flexibility index (Phi) is 4.33. The Labute approximate surface area is 86.4 Å². The van der Waals surface area contributed by atoms with Gasteiger partial charge in [-0.3, -0.25) is 0 Å². The summed E-state index contributed by atoms with van der Waals surface area (Å²) in [5.41, 5.74) is 1.40. The molecule has 0 aromatic carbocycles. The first-order valence-electron chi connectivity index (χ1n) is 5.08. The van der Waals surface area contributed by atoms with Crippen LogP contribution in [0, 0.1) is 0 Å². The van der Waals surface area contributed by atoms with Crippen molar-refractivity contribution in [2.24, 2.45) is 0 Å². The molecule has 1 rings (SSSR count). The zero-order valence-corrected chi connectivity index (χ0v) is 9.84. The van der Waals surface area contributed by atoms with E-state index in [-0.39, 0.29) is 0 Å². The van der Waals surface area contributed by atoms with E-state index in [0.29, 0.717) is 4.75 Å². The largest absolute Gasteiger partial charge is 0.312 e. The molecule has 76 valence electrons. The third-order valence-electron chi connectivity index (χ3n) is 2.80. The molecule has 1 aliphatic rings. The van der Waals surface area contributed by atoms with Crippen LogP contribution in [0.5, 0.6) is 0 Å². The van der Waals surface area contributed by atoms with Gasteiger partial charge in [-0.15, -0.1) is 0 Å². The average molecular weight is 199 g/mol. The van der Waals surface area contributed by atoms with Gasteiger partial charge in [-0.05, 0) is 32.9 Å². The van der Waals surface area contributed by atoms with Crippen LogP contribution < -0.4 is 5.32 Å². The van der Waals surface area contributed by atoms with Gasteiger partial charge < -0.3 is 5.32 Å². The standard InChI is InChI=1S/C11H21NS/c1-10(2)5-8-12-9-11(13-3)6-4-7-11/h5,12H,4,6-9H2,1-3H3. The van der Waals surface area contributed by atoms with Crippen LogP contribution in [0.15, 0.2) is 11.6 Å². The lowest BCUT2D eigenvalue weighted by atomic mass is 9.84. The quantitative estimate of drug-likeness (QED) is 0.540. The molecule has 0 aromatic rings. The first-order valence-corrected chi connectivity index (χ1v) is 6.30. The lowest BCUT2D eigenvalue weighted by molar-refractivity contribution is 0.350. The Balaban J connectivity index is 2.14. The topological polar surface area (TPSA) is 12.0 Å². The van der Waals surface area contributed by atoms with Crippen LogP contribution in [0.1, 0.15) is 33.1 Å². The highest BCUT2D eigenvalue weighted by molar-refractivity contribution is 8.00. The van der Waals surface area contributed by atoms with Crippen LogP contribution in [-0.4, -0.2) is 24.1 Å². The van der Waals surface area contributed by atoms with Gasteiger partial charge in [0.25, 0.3) is 0 Å². The molecule has 0 unspecified atom stereocenters. The Morgan fingerprint density at radius 1 is 1.46 bits per heavy atom. The molecule has 0 aromatic heterocycles. The summed E-state index contributed by atoms with van der Waals surface area (Å²) in [6.07, 6.45) is 8.71. The maximum atomic E-state index is 3.51. The Hall–Kier alpha value is 0.0500. The minimum Gasteiger partial charge on any atom is -0.312 e. The highest BCUT2D eigenvalue weighted by Gasteiger charge is 2.35. The number of nitrogens with one attached hydrogen (secondary N) is 1. The Morgan fingerprint density at radius 3 is 2.54 bits per heavy atom. The monoisotopic (exact) mass is 199 g/mol. The Bertz CT molecular complexity index is 173. The van der Waals surface area contributed by atoms with Crippen LogP contribution in [0.25, 0.3) is 0 Å². The molecule has 13 heavy (non-hydrogen) atoms. The van der Waals surface area contributed by atoms with Crippen molar-refractivity contribution in [3.8, 4) is 0 Å². The molecule has 1 fully saturated rings. The lowest BCUT2D eigenvalue weighted by Crippen LogP contribution is -2.43. The lowest BCUT2D eigenvalue weighted by Gasteiger charge is -2.40. The van der Waals surface area contributed by atoms with Crippen molar-refractivity contribution in [1.82, 2.24) is 5.32 Å². The van der Waals surface area contributed by atoms with Crippen molar-refractivity contribution in [1.29, 1.82) is 0 Å². The number of allylic oxidation sites excluding steroid dienone is 1. The van der Waals surface area contributed by atoms with Gasteiger partial charge in [0, 0.05) is 17.8 Å². The highest BCUT2D eigenvalue weighted by Crippen LogP contribution is 2.41.